The van der Waals surface area contributed by atoms with Crippen LogP contribution in [0.4, 0.5) is 0 Å². The summed E-state index contributed by atoms with van der Waals surface area (Å²) in [5.41, 5.74) is 2.54. The summed E-state index contributed by atoms with van der Waals surface area (Å²) in [5, 5.41) is 0. The minimum Gasteiger partial charge on any atom is -0.338 e. The molecule has 3 rings (SSSR count). The zero-order valence-corrected chi connectivity index (χ0v) is 12.9. The summed E-state index contributed by atoms with van der Waals surface area (Å²) < 4.78 is 23.3. The fraction of sp³-hybridized carbons (Fsp3) is 0.562. The molecule has 1 saturated heterocycles. The van der Waals surface area contributed by atoms with Gasteiger partial charge in [-0.3, -0.25) is 4.79 Å². The van der Waals surface area contributed by atoms with E-state index in [1.165, 1.54) is 11.1 Å². The van der Waals surface area contributed by atoms with Crippen molar-refractivity contribution < 1.29 is 13.2 Å². The lowest BCUT2D eigenvalue weighted by atomic mass is 9.97. The Balaban J connectivity index is 1.62. The minimum absolute atomic E-state index is 0.00780. The Labute approximate surface area is 126 Å². The SMILES string of the molecule is O=C(CC1CCCS(=O)(=O)C1)N1CCc2ccccc2C1. The molecule has 1 aromatic carbocycles. The zero-order valence-electron chi connectivity index (χ0n) is 12.1. The fourth-order valence-corrected chi connectivity index (χ4v) is 5.14. The van der Waals surface area contributed by atoms with Gasteiger partial charge in [0.2, 0.25) is 5.91 Å². The van der Waals surface area contributed by atoms with Gasteiger partial charge in [-0.25, -0.2) is 8.42 Å². The van der Waals surface area contributed by atoms with Crippen molar-refractivity contribution in [1.29, 1.82) is 0 Å². The van der Waals surface area contributed by atoms with Crippen LogP contribution >= 0.6 is 0 Å². The van der Waals surface area contributed by atoms with Crippen molar-refractivity contribution >= 4 is 15.7 Å². The molecule has 0 aromatic heterocycles. The molecule has 0 saturated carbocycles. The highest BCUT2D eigenvalue weighted by Gasteiger charge is 2.29. The summed E-state index contributed by atoms with van der Waals surface area (Å²) in [6.45, 7) is 1.41. The first-order chi connectivity index (χ1) is 10.0. The number of nitrogens with zero attached hydrogens (tertiary/aromatic N) is 1. The maximum Gasteiger partial charge on any atom is 0.223 e. The van der Waals surface area contributed by atoms with E-state index < -0.39 is 9.84 Å². The normalized spacial score (nSPS) is 24.4. The third kappa shape index (κ3) is 3.46. The molecule has 2 heterocycles. The van der Waals surface area contributed by atoms with E-state index in [4.69, 9.17) is 0 Å². The molecule has 114 valence electrons. The number of benzene rings is 1. The molecule has 0 spiro atoms. The minimum atomic E-state index is -2.93. The summed E-state index contributed by atoms with van der Waals surface area (Å²) in [5.74, 6) is 0.581. The average Bonchev–Trinajstić information content (AvgIpc) is 2.45. The van der Waals surface area contributed by atoms with Crippen LogP contribution in [0.15, 0.2) is 24.3 Å². The van der Waals surface area contributed by atoms with Crippen LogP contribution in [0, 0.1) is 5.92 Å². The van der Waals surface area contributed by atoms with Gasteiger partial charge in [0.25, 0.3) is 0 Å². The van der Waals surface area contributed by atoms with E-state index in [1.54, 1.807) is 0 Å². The third-order valence-electron chi connectivity index (χ3n) is 4.50. The molecule has 0 bridgehead atoms. The van der Waals surface area contributed by atoms with Gasteiger partial charge in [0.05, 0.1) is 11.5 Å². The average molecular weight is 307 g/mol. The van der Waals surface area contributed by atoms with Gasteiger partial charge in [-0.2, -0.15) is 0 Å². The number of carbonyl (C=O) groups excluding carboxylic acids is 1. The van der Waals surface area contributed by atoms with Gasteiger partial charge in [-0.15, -0.1) is 0 Å². The largest absolute Gasteiger partial charge is 0.338 e. The Kier molecular flexibility index (Phi) is 4.02. The Morgan fingerprint density at radius 1 is 1.24 bits per heavy atom. The Hall–Kier alpha value is -1.36. The molecule has 2 aliphatic rings. The van der Waals surface area contributed by atoms with Crippen molar-refractivity contribution in [3.05, 3.63) is 35.4 Å². The molecule has 21 heavy (non-hydrogen) atoms. The fourth-order valence-electron chi connectivity index (χ4n) is 3.36. The van der Waals surface area contributed by atoms with Gasteiger partial charge in [0.1, 0.15) is 0 Å². The van der Waals surface area contributed by atoms with Crippen molar-refractivity contribution in [1.82, 2.24) is 4.90 Å². The monoisotopic (exact) mass is 307 g/mol. The quantitative estimate of drug-likeness (QED) is 0.837. The summed E-state index contributed by atoms with van der Waals surface area (Å²) in [6, 6.07) is 8.22. The lowest BCUT2D eigenvalue weighted by Crippen LogP contribution is -2.38. The number of sulfone groups is 1. The van der Waals surface area contributed by atoms with Crippen LogP contribution in [-0.2, 0) is 27.6 Å². The Bertz CT molecular complexity index is 639. The van der Waals surface area contributed by atoms with E-state index in [-0.39, 0.29) is 23.3 Å². The van der Waals surface area contributed by atoms with Gasteiger partial charge < -0.3 is 4.90 Å². The van der Waals surface area contributed by atoms with E-state index in [0.29, 0.717) is 19.4 Å². The van der Waals surface area contributed by atoms with Crippen molar-refractivity contribution in [3.8, 4) is 0 Å². The van der Waals surface area contributed by atoms with Crippen molar-refractivity contribution in [2.75, 3.05) is 18.1 Å². The van der Waals surface area contributed by atoms with Crippen molar-refractivity contribution in [2.45, 2.75) is 32.2 Å². The number of fused-ring (bicyclic) bond motifs is 1. The second-order valence-electron chi connectivity index (χ2n) is 6.16. The molecule has 1 amide bonds. The number of hydrogen-bond acceptors (Lipinski definition) is 3. The highest BCUT2D eigenvalue weighted by Crippen LogP contribution is 2.24. The predicted octanol–water partition coefficient (Wildman–Crippen LogP) is 1.79. The number of carbonyl (C=O) groups is 1. The molecule has 1 aromatic rings. The van der Waals surface area contributed by atoms with E-state index in [9.17, 15) is 13.2 Å². The molecule has 5 heteroatoms. The van der Waals surface area contributed by atoms with Crippen LogP contribution < -0.4 is 0 Å². The van der Waals surface area contributed by atoms with Crippen LogP contribution in [0.1, 0.15) is 30.4 Å². The standard InChI is InChI=1S/C16H21NO3S/c18-16(10-13-4-3-9-21(19,20)12-13)17-8-7-14-5-1-2-6-15(14)11-17/h1-2,5-6,13H,3-4,7-12H2. The Morgan fingerprint density at radius 2 is 2.00 bits per heavy atom. The van der Waals surface area contributed by atoms with E-state index in [1.807, 2.05) is 17.0 Å². The first kappa shape index (κ1) is 14.6. The predicted molar refractivity (Wildman–Crippen MR) is 81.6 cm³/mol. The van der Waals surface area contributed by atoms with Gasteiger partial charge in [-0.05, 0) is 36.3 Å². The smallest absolute Gasteiger partial charge is 0.223 e. The molecule has 0 aliphatic carbocycles. The number of rotatable bonds is 2. The van der Waals surface area contributed by atoms with Gasteiger partial charge >= 0.3 is 0 Å². The maximum absolute atomic E-state index is 12.4. The van der Waals surface area contributed by atoms with E-state index in [2.05, 4.69) is 12.1 Å². The summed E-state index contributed by atoms with van der Waals surface area (Å²) in [7, 11) is -2.93. The second-order valence-corrected chi connectivity index (χ2v) is 8.39. The number of hydrogen-bond donors (Lipinski definition) is 0. The molecule has 4 nitrogen and oxygen atoms in total. The molecule has 2 aliphatic heterocycles. The van der Waals surface area contributed by atoms with Gasteiger partial charge in [0, 0.05) is 19.5 Å². The van der Waals surface area contributed by atoms with E-state index in [0.717, 1.165) is 19.4 Å². The summed E-state index contributed by atoms with van der Waals surface area (Å²) in [4.78, 5) is 14.3. The zero-order chi connectivity index (χ0) is 14.9. The van der Waals surface area contributed by atoms with Crippen LogP contribution in [0.5, 0.6) is 0 Å². The number of amides is 1. The van der Waals surface area contributed by atoms with Crippen LogP contribution in [-0.4, -0.2) is 37.3 Å². The lowest BCUT2D eigenvalue weighted by molar-refractivity contribution is -0.133. The topological polar surface area (TPSA) is 54.5 Å². The Morgan fingerprint density at radius 3 is 2.76 bits per heavy atom. The highest BCUT2D eigenvalue weighted by molar-refractivity contribution is 7.91. The summed E-state index contributed by atoms with van der Waals surface area (Å²) in [6.07, 6.45) is 2.82. The first-order valence-corrected chi connectivity index (χ1v) is 9.40. The van der Waals surface area contributed by atoms with Crippen LogP contribution in [0.3, 0.4) is 0 Å². The van der Waals surface area contributed by atoms with E-state index >= 15 is 0 Å². The molecule has 1 unspecified atom stereocenters. The second kappa shape index (κ2) is 5.79. The molecule has 0 radical (unpaired) electrons. The molecular weight excluding hydrogens is 286 g/mol. The highest BCUT2D eigenvalue weighted by atomic mass is 32.2. The summed E-state index contributed by atoms with van der Waals surface area (Å²) >= 11 is 0. The van der Waals surface area contributed by atoms with Crippen molar-refractivity contribution in [3.63, 3.8) is 0 Å². The lowest BCUT2D eigenvalue weighted by Gasteiger charge is -2.31. The van der Waals surface area contributed by atoms with Crippen molar-refractivity contribution in [2.24, 2.45) is 5.92 Å². The first-order valence-electron chi connectivity index (χ1n) is 7.58. The third-order valence-corrected chi connectivity index (χ3v) is 6.39. The molecule has 0 N–H and O–H groups in total. The molecular formula is C16H21NO3S. The van der Waals surface area contributed by atoms with Crippen LogP contribution in [0.2, 0.25) is 0 Å². The van der Waals surface area contributed by atoms with Gasteiger partial charge in [-0.1, -0.05) is 24.3 Å². The van der Waals surface area contributed by atoms with Crippen LogP contribution in [0.25, 0.3) is 0 Å². The molecule has 1 fully saturated rings. The molecule has 1 atom stereocenters. The van der Waals surface area contributed by atoms with Gasteiger partial charge in [0.15, 0.2) is 9.84 Å². The maximum atomic E-state index is 12.4.